The van der Waals surface area contributed by atoms with Crippen LogP contribution >= 0.6 is 11.3 Å². The predicted molar refractivity (Wildman–Crippen MR) is 94.7 cm³/mol. The molecule has 1 aromatic carbocycles. The Morgan fingerprint density at radius 1 is 1.32 bits per heavy atom. The molecule has 25 heavy (non-hydrogen) atoms. The summed E-state index contributed by atoms with van der Waals surface area (Å²) in [5.74, 6) is 0.445. The molecule has 0 radical (unpaired) electrons. The maximum absolute atomic E-state index is 12.0. The number of ether oxygens (including phenoxy) is 2. The molecular weight excluding hydrogens is 340 g/mol. The van der Waals surface area contributed by atoms with Gasteiger partial charge in [-0.05, 0) is 49.9 Å². The molecule has 132 valence electrons. The highest BCUT2D eigenvalue weighted by atomic mass is 32.1. The Bertz CT molecular complexity index is 753. The van der Waals surface area contributed by atoms with Crippen molar-refractivity contribution in [2.75, 3.05) is 13.7 Å². The fourth-order valence-electron chi connectivity index (χ4n) is 2.45. The number of benzene rings is 1. The van der Waals surface area contributed by atoms with Crippen molar-refractivity contribution in [1.29, 1.82) is 0 Å². The third-order valence-electron chi connectivity index (χ3n) is 4.10. The number of esters is 1. The van der Waals surface area contributed by atoms with Crippen molar-refractivity contribution < 1.29 is 19.1 Å². The maximum Gasteiger partial charge on any atom is 0.358 e. The number of rotatable bonds is 7. The highest BCUT2D eigenvalue weighted by molar-refractivity contribution is 7.13. The van der Waals surface area contributed by atoms with E-state index in [9.17, 15) is 9.59 Å². The Morgan fingerprint density at radius 2 is 2.04 bits per heavy atom. The van der Waals surface area contributed by atoms with Crippen molar-refractivity contribution in [3.63, 3.8) is 0 Å². The lowest BCUT2D eigenvalue weighted by molar-refractivity contribution is -0.125. The van der Waals surface area contributed by atoms with Crippen LogP contribution in [0.4, 0.5) is 0 Å². The summed E-state index contributed by atoms with van der Waals surface area (Å²) in [7, 11) is 1.61. The van der Waals surface area contributed by atoms with Gasteiger partial charge in [-0.3, -0.25) is 4.79 Å². The summed E-state index contributed by atoms with van der Waals surface area (Å²) in [5.41, 5.74) is 1.10. The smallest absolute Gasteiger partial charge is 0.358 e. The van der Waals surface area contributed by atoms with Crippen LogP contribution in [0, 0.1) is 5.92 Å². The van der Waals surface area contributed by atoms with E-state index in [1.807, 2.05) is 31.2 Å². The molecule has 1 aliphatic rings. The van der Waals surface area contributed by atoms with E-state index in [0.29, 0.717) is 10.9 Å². The van der Waals surface area contributed by atoms with Crippen LogP contribution < -0.4 is 10.1 Å². The van der Waals surface area contributed by atoms with Gasteiger partial charge < -0.3 is 14.8 Å². The monoisotopic (exact) mass is 360 g/mol. The largest absolute Gasteiger partial charge is 0.497 e. The lowest BCUT2D eigenvalue weighted by atomic mass is 10.2. The van der Waals surface area contributed by atoms with E-state index in [4.69, 9.17) is 9.47 Å². The summed E-state index contributed by atoms with van der Waals surface area (Å²) >= 11 is 1.35. The molecule has 0 bridgehead atoms. The topological polar surface area (TPSA) is 77.5 Å². The fraction of sp³-hybridized carbons (Fsp3) is 0.389. The molecule has 1 aromatic heterocycles. The van der Waals surface area contributed by atoms with Crippen LogP contribution in [0.15, 0.2) is 29.6 Å². The molecule has 3 rings (SSSR count). The van der Waals surface area contributed by atoms with Gasteiger partial charge in [0.1, 0.15) is 10.8 Å². The second kappa shape index (κ2) is 7.65. The number of thiazole rings is 1. The number of amides is 1. The molecule has 6 nitrogen and oxygen atoms in total. The van der Waals surface area contributed by atoms with Crippen LogP contribution in [0.25, 0.3) is 10.6 Å². The maximum atomic E-state index is 12.0. The van der Waals surface area contributed by atoms with Crippen LogP contribution in [-0.2, 0) is 9.53 Å². The molecular formula is C18H20N2O4S. The van der Waals surface area contributed by atoms with E-state index >= 15 is 0 Å². The van der Waals surface area contributed by atoms with Crippen molar-refractivity contribution in [2.24, 2.45) is 5.92 Å². The molecule has 1 N–H and O–H groups in total. The van der Waals surface area contributed by atoms with Crippen LogP contribution in [0.3, 0.4) is 0 Å². The lowest BCUT2D eigenvalue weighted by Crippen LogP contribution is -2.37. The molecule has 1 atom stereocenters. The summed E-state index contributed by atoms with van der Waals surface area (Å²) in [6, 6.07) is 7.55. The van der Waals surface area contributed by atoms with Gasteiger partial charge in [0.05, 0.1) is 7.11 Å². The first-order valence-corrected chi connectivity index (χ1v) is 9.01. The average molecular weight is 360 g/mol. The SMILES string of the molecule is COc1ccc(-c2nc(C(=O)OCC(=O)N[C@@H](C)C3CC3)cs2)cc1. The van der Waals surface area contributed by atoms with E-state index in [-0.39, 0.29) is 24.2 Å². The van der Waals surface area contributed by atoms with Crippen LogP contribution in [0.2, 0.25) is 0 Å². The van der Waals surface area contributed by atoms with Crippen molar-refractivity contribution in [1.82, 2.24) is 10.3 Å². The van der Waals surface area contributed by atoms with Crippen molar-refractivity contribution in [2.45, 2.75) is 25.8 Å². The van der Waals surface area contributed by atoms with Gasteiger partial charge in [-0.15, -0.1) is 11.3 Å². The highest BCUT2D eigenvalue weighted by Gasteiger charge is 2.29. The summed E-state index contributed by atoms with van der Waals surface area (Å²) < 4.78 is 10.2. The predicted octanol–water partition coefficient (Wildman–Crippen LogP) is 2.89. The highest BCUT2D eigenvalue weighted by Crippen LogP contribution is 2.32. The minimum absolute atomic E-state index is 0.132. The molecule has 1 aliphatic carbocycles. The second-order valence-electron chi connectivity index (χ2n) is 6.04. The molecule has 0 aliphatic heterocycles. The third-order valence-corrected chi connectivity index (χ3v) is 4.99. The number of carbonyl (C=O) groups is 2. The zero-order valence-corrected chi connectivity index (χ0v) is 15.0. The molecule has 7 heteroatoms. The first kappa shape index (κ1) is 17.4. The quantitative estimate of drug-likeness (QED) is 0.768. The molecule has 0 saturated heterocycles. The number of aromatic nitrogens is 1. The van der Waals surface area contributed by atoms with Crippen LogP contribution in [-0.4, -0.2) is 36.6 Å². The molecule has 1 amide bonds. The van der Waals surface area contributed by atoms with Gasteiger partial charge >= 0.3 is 5.97 Å². The number of hydrogen-bond donors (Lipinski definition) is 1. The summed E-state index contributed by atoms with van der Waals surface area (Å²) in [6.07, 6.45) is 2.29. The van der Waals surface area contributed by atoms with Crippen LogP contribution in [0.5, 0.6) is 5.75 Å². The summed E-state index contributed by atoms with van der Waals surface area (Å²) in [6.45, 7) is 1.68. The Balaban J connectivity index is 1.53. The van der Waals surface area contributed by atoms with Gasteiger partial charge in [-0.2, -0.15) is 0 Å². The Kier molecular flexibility index (Phi) is 5.33. The zero-order valence-electron chi connectivity index (χ0n) is 14.2. The molecule has 1 fully saturated rings. The van der Waals surface area contributed by atoms with Crippen LogP contribution in [0.1, 0.15) is 30.3 Å². The number of methoxy groups -OCH3 is 1. The minimum atomic E-state index is -0.592. The van der Waals surface area contributed by atoms with E-state index in [1.165, 1.54) is 11.3 Å². The zero-order chi connectivity index (χ0) is 17.8. The van der Waals surface area contributed by atoms with Crippen molar-refractivity contribution in [3.05, 3.63) is 35.3 Å². The van der Waals surface area contributed by atoms with Gasteiger partial charge in [-0.25, -0.2) is 9.78 Å². The molecule has 0 unspecified atom stereocenters. The van der Waals surface area contributed by atoms with Gasteiger partial charge in [-0.1, -0.05) is 0 Å². The summed E-state index contributed by atoms with van der Waals surface area (Å²) in [5, 5.41) is 5.19. The first-order chi connectivity index (χ1) is 12.1. The van der Waals surface area contributed by atoms with E-state index in [0.717, 1.165) is 24.2 Å². The Labute approximate surface area is 150 Å². The molecule has 2 aromatic rings. The number of nitrogens with zero attached hydrogens (tertiary/aromatic N) is 1. The Morgan fingerprint density at radius 3 is 2.68 bits per heavy atom. The third kappa shape index (κ3) is 4.57. The van der Waals surface area contributed by atoms with E-state index in [2.05, 4.69) is 10.3 Å². The number of carbonyl (C=O) groups excluding carboxylic acids is 2. The van der Waals surface area contributed by atoms with Gasteiger partial charge in [0, 0.05) is 17.0 Å². The second-order valence-corrected chi connectivity index (χ2v) is 6.89. The first-order valence-electron chi connectivity index (χ1n) is 8.13. The normalized spacial score (nSPS) is 14.6. The fourth-order valence-corrected chi connectivity index (χ4v) is 3.24. The van der Waals surface area contributed by atoms with Crippen molar-refractivity contribution >= 4 is 23.2 Å². The summed E-state index contributed by atoms with van der Waals surface area (Å²) in [4.78, 5) is 28.1. The van der Waals surface area contributed by atoms with E-state index in [1.54, 1.807) is 12.5 Å². The van der Waals surface area contributed by atoms with Gasteiger partial charge in [0.2, 0.25) is 0 Å². The number of nitrogens with one attached hydrogen (secondary N) is 1. The lowest BCUT2D eigenvalue weighted by Gasteiger charge is -2.12. The van der Waals surface area contributed by atoms with Crippen molar-refractivity contribution in [3.8, 4) is 16.3 Å². The van der Waals surface area contributed by atoms with Gasteiger partial charge in [0.25, 0.3) is 5.91 Å². The molecule has 1 heterocycles. The Hall–Kier alpha value is -2.41. The number of hydrogen-bond acceptors (Lipinski definition) is 6. The standard InChI is InChI=1S/C18H20N2O4S/c1-11(12-3-4-12)19-16(21)9-24-18(22)15-10-25-17(20-15)13-5-7-14(23-2)8-6-13/h5-8,10-12H,3-4,9H2,1-2H3,(H,19,21)/t11-/m0/s1. The van der Waals surface area contributed by atoms with Gasteiger partial charge in [0.15, 0.2) is 12.3 Å². The minimum Gasteiger partial charge on any atom is -0.497 e. The molecule has 0 spiro atoms. The molecule has 1 saturated carbocycles. The van der Waals surface area contributed by atoms with E-state index < -0.39 is 5.97 Å². The average Bonchev–Trinajstić information content (AvgIpc) is 3.37.